The normalized spacial score (nSPS) is 9.47. The largest absolute Gasteiger partial charge is 0.456 e. The molecule has 2 aromatic rings. The molecule has 0 aliphatic carbocycles. The Morgan fingerprint density at radius 3 is 2.47 bits per heavy atom. The van der Waals surface area contributed by atoms with Crippen molar-refractivity contribution in [2.45, 2.75) is 6.92 Å². The average molecular weight is 252 g/mol. The number of halogens is 1. The zero-order chi connectivity index (χ0) is 13.8. The maximum atomic E-state index is 13.4. The van der Waals surface area contributed by atoms with Gasteiger partial charge in [-0.15, -0.1) is 0 Å². The predicted molar refractivity (Wildman–Crippen MR) is 67.1 cm³/mol. The van der Waals surface area contributed by atoms with Gasteiger partial charge in [0, 0.05) is 0 Å². The Morgan fingerprint density at radius 1 is 1.05 bits per heavy atom. The molecule has 2 rings (SSSR count). The van der Waals surface area contributed by atoms with Crippen molar-refractivity contribution in [3.63, 3.8) is 0 Å². The molecule has 19 heavy (non-hydrogen) atoms. The molecule has 0 amide bonds. The number of rotatable bonds is 2. The molecule has 0 aliphatic heterocycles. The smallest absolute Gasteiger partial charge is 0.148 e. The van der Waals surface area contributed by atoms with Gasteiger partial charge in [-0.3, -0.25) is 0 Å². The van der Waals surface area contributed by atoms with Gasteiger partial charge in [0.2, 0.25) is 0 Å². The highest BCUT2D eigenvalue weighted by Gasteiger charge is 2.11. The van der Waals surface area contributed by atoms with Crippen LogP contribution in [0.2, 0.25) is 0 Å². The Hall–Kier alpha value is -2.85. The first-order chi connectivity index (χ1) is 9.15. The van der Waals surface area contributed by atoms with Crippen LogP contribution in [0.3, 0.4) is 0 Å². The van der Waals surface area contributed by atoms with E-state index in [0.717, 1.165) is 5.56 Å². The van der Waals surface area contributed by atoms with Crippen LogP contribution in [-0.2, 0) is 0 Å². The molecule has 0 aliphatic rings. The van der Waals surface area contributed by atoms with E-state index in [9.17, 15) is 4.39 Å². The summed E-state index contributed by atoms with van der Waals surface area (Å²) in [7, 11) is 0. The Kier molecular flexibility index (Phi) is 3.45. The molecular weight excluding hydrogens is 243 g/mol. The van der Waals surface area contributed by atoms with Crippen LogP contribution in [0.1, 0.15) is 16.7 Å². The fourth-order valence-corrected chi connectivity index (χ4v) is 1.65. The standard InChI is InChI=1S/C15H9FN2O/c1-10-7-11(8-17)5-6-14(10)19-15-4-2-3-13(16)12(15)9-18/h2-7H,1H3. The lowest BCUT2D eigenvalue weighted by atomic mass is 10.1. The van der Waals surface area contributed by atoms with E-state index in [2.05, 4.69) is 0 Å². The monoisotopic (exact) mass is 252 g/mol. The number of hydrogen-bond donors (Lipinski definition) is 0. The second-order valence-corrected chi connectivity index (χ2v) is 3.92. The van der Waals surface area contributed by atoms with E-state index in [0.29, 0.717) is 11.3 Å². The van der Waals surface area contributed by atoms with Gasteiger partial charge in [-0.2, -0.15) is 10.5 Å². The summed E-state index contributed by atoms with van der Waals surface area (Å²) < 4.78 is 19.0. The van der Waals surface area contributed by atoms with Gasteiger partial charge in [-0.1, -0.05) is 6.07 Å². The summed E-state index contributed by atoms with van der Waals surface area (Å²) in [5.74, 6) is 0.0303. The number of hydrogen-bond acceptors (Lipinski definition) is 3. The number of aryl methyl sites for hydroxylation is 1. The average Bonchev–Trinajstić information content (AvgIpc) is 2.41. The SMILES string of the molecule is Cc1cc(C#N)ccc1Oc1cccc(F)c1C#N. The predicted octanol–water partition coefficient (Wildman–Crippen LogP) is 3.67. The maximum Gasteiger partial charge on any atom is 0.148 e. The highest BCUT2D eigenvalue weighted by atomic mass is 19.1. The lowest BCUT2D eigenvalue weighted by molar-refractivity contribution is 0.471. The molecule has 0 aromatic heterocycles. The molecule has 0 saturated carbocycles. The van der Waals surface area contributed by atoms with Crippen LogP contribution in [0, 0.1) is 35.4 Å². The number of nitriles is 2. The first-order valence-corrected chi connectivity index (χ1v) is 5.53. The van der Waals surface area contributed by atoms with E-state index in [1.54, 1.807) is 31.2 Å². The second-order valence-electron chi connectivity index (χ2n) is 3.92. The van der Waals surface area contributed by atoms with Gasteiger partial charge in [0.05, 0.1) is 11.6 Å². The van der Waals surface area contributed by atoms with Crippen LogP contribution >= 0.6 is 0 Å². The van der Waals surface area contributed by atoms with Gasteiger partial charge >= 0.3 is 0 Å². The Balaban J connectivity index is 2.41. The van der Waals surface area contributed by atoms with Gasteiger partial charge in [0.1, 0.15) is 28.9 Å². The van der Waals surface area contributed by atoms with E-state index in [1.165, 1.54) is 18.2 Å². The second kappa shape index (κ2) is 5.20. The lowest BCUT2D eigenvalue weighted by Gasteiger charge is -2.10. The number of benzene rings is 2. The summed E-state index contributed by atoms with van der Waals surface area (Å²) >= 11 is 0. The van der Waals surface area contributed by atoms with Gasteiger partial charge in [-0.05, 0) is 42.8 Å². The van der Waals surface area contributed by atoms with E-state index < -0.39 is 5.82 Å². The van der Waals surface area contributed by atoms with Crippen LogP contribution in [-0.4, -0.2) is 0 Å². The van der Waals surface area contributed by atoms with Crippen molar-refractivity contribution < 1.29 is 9.13 Å². The van der Waals surface area contributed by atoms with Crippen molar-refractivity contribution in [3.8, 4) is 23.6 Å². The van der Waals surface area contributed by atoms with Gasteiger partial charge in [0.15, 0.2) is 0 Å². The molecule has 0 N–H and O–H groups in total. The van der Waals surface area contributed by atoms with E-state index >= 15 is 0 Å². The fraction of sp³-hybridized carbons (Fsp3) is 0.0667. The minimum Gasteiger partial charge on any atom is -0.456 e. The van der Waals surface area contributed by atoms with Crippen LogP contribution in [0.15, 0.2) is 36.4 Å². The highest BCUT2D eigenvalue weighted by Crippen LogP contribution is 2.29. The fourth-order valence-electron chi connectivity index (χ4n) is 1.65. The number of nitrogens with zero attached hydrogens (tertiary/aromatic N) is 2. The first-order valence-electron chi connectivity index (χ1n) is 5.53. The lowest BCUT2D eigenvalue weighted by Crippen LogP contribution is -1.93. The maximum absolute atomic E-state index is 13.4. The van der Waals surface area contributed by atoms with Crippen molar-refractivity contribution in [1.82, 2.24) is 0 Å². The van der Waals surface area contributed by atoms with E-state index in [-0.39, 0.29) is 11.3 Å². The first kappa shape index (κ1) is 12.6. The van der Waals surface area contributed by atoms with Crippen LogP contribution < -0.4 is 4.74 Å². The van der Waals surface area contributed by atoms with Crippen molar-refractivity contribution in [1.29, 1.82) is 10.5 Å². The molecule has 0 spiro atoms. The van der Waals surface area contributed by atoms with Gasteiger partial charge in [-0.25, -0.2) is 4.39 Å². The molecule has 0 saturated heterocycles. The highest BCUT2D eigenvalue weighted by molar-refractivity contribution is 5.48. The topological polar surface area (TPSA) is 56.8 Å². The van der Waals surface area contributed by atoms with Crippen LogP contribution in [0.4, 0.5) is 4.39 Å². The Bertz CT molecular complexity index is 711. The summed E-state index contributed by atoms with van der Waals surface area (Å²) in [6.07, 6.45) is 0. The van der Waals surface area contributed by atoms with Crippen molar-refractivity contribution in [2.75, 3.05) is 0 Å². The third kappa shape index (κ3) is 2.53. The van der Waals surface area contributed by atoms with Crippen LogP contribution in [0.25, 0.3) is 0 Å². The Morgan fingerprint density at radius 2 is 1.84 bits per heavy atom. The molecule has 0 heterocycles. The minimum absolute atomic E-state index is 0.133. The number of ether oxygens (including phenoxy) is 1. The van der Waals surface area contributed by atoms with Gasteiger partial charge in [0.25, 0.3) is 0 Å². The molecule has 0 atom stereocenters. The summed E-state index contributed by atoms with van der Waals surface area (Å²) in [5, 5.41) is 17.7. The zero-order valence-corrected chi connectivity index (χ0v) is 10.1. The molecular formula is C15H9FN2O. The zero-order valence-electron chi connectivity index (χ0n) is 10.1. The van der Waals surface area contributed by atoms with Crippen molar-refractivity contribution in [2.24, 2.45) is 0 Å². The third-order valence-electron chi connectivity index (χ3n) is 2.61. The van der Waals surface area contributed by atoms with Crippen molar-refractivity contribution >= 4 is 0 Å². The minimum atomic E-state index is -0.619. The molecule has 0 unspecified atom stereocenters. The quantitative estimate of drug-likeness (QED) is 0.819. The molecule has 3 nitrogen and oxygen atoms in total. The molecule has 92 valence electrons. The summed E-state index contributed by atoms with van der Waals surface area (Å²) in [6, 6.07) is 12.9. The molecule has 0 radical (unpaired) electrons. The third-order valence-corrected chi connectivity index (χ3v) is 2.61. The molecule has 2 aromatic carbocycles. The summed E-state index contributed by atoms with van der Waals surface area (Å²) in [4.78, 5) is 0. The Labute approximate surface area is 110 Å². The van der Waals surface area contributed by atoms with E-state index in [1.807, 2.05) is 6.07 Å². The van der Waals surface area contributed by atoms with Gasteiger partial charge < -0.3 is 4.74 Å². The summed E-state index contributed by atoms with van der Waals surface area (Å²) in [6.45, 7) is 1.78. The van der Waals surface area contributed by atoms with Crippen LogP contribution in [0.5, 0.6) is 11.5 Å². The molecule has 0 fully saturated rings. The molecule has 4 heteroatoms. The van der Waals surface area contributed by atoms with Crippen molar-refractivity contribution in [3.05, 3.63) is 58.9 Å². The summed E-state index contributed by atoms with van der Waals surface area (Å²) in [5.41, 5.74) is 1.13. The molecule has 0 bridgehead atoms. The van der Waals surface area contributed by atoms with E-state index in [4.69, 9.17) is 15.3 Å².